The number of hydrogen-bond donors (Lipinski definition) is 2. The maximum atomic E-state index is 12.5. The highest BCUT2D eigenvalue weighted by Gasteiger charge is 2.52. The van der Waals surface area contributed by atoms with Gasteiger partial charge >= 0.3 is 6.03 Å². The standard InChI is InChI=1S/C16H25N3O3/c20-13(11-12-7-3-1-4-8-12)18-19-14(21)16(17-15(19)22)9-5-2-6-10-16/h12H,1-11H2,(H,17,22)(H,18,20). The van der Waals surface area contributed by atoms with Crippen LogP contribution in [0.2, 0.25) is 0 Å². The van der Waals surface area contributed by atoms with Crippen LogP contribution < -0.4 is 10.7 Å². The van der Waals surface area contributed by atoms with Crippen LogP contribution in [0.1, 0.15) is 70.6 Å². The molecule has 4 amide bonds. The molecule has 2 aliphatic carbocycles. The van der Waals surface area contributed by atoms with E-state index in [0.717, 1.165) is 37.1 Å². The number of amides is 4. The van der Waals surface area contributed by atoms with Gasteiger partial charge in [-0.1, -0.05) is 38.5 Å². The van der Waals surface area contributed by atoms with Crippen molar-refractivity contribution in [3.8, 4) is 0 Å². The number of urea groups is 1. The summed E-state index contributed by atoms with van der Waals surface area (Å²) in [5.41, 5.74) is 1.76. The van der Waals surface area contributed by atoms with Gasteiger partial charge in [0.25, 0.3) is 5.91 Å². The molecule has 6 nitrogen and oxygen atoms in total. The summed E-state index contributed by atoms with van der Waals surface area (Å²) in [5.74, 6) is -0.115. The van der Waals surface area contributed by atoms with E-state index < -0.39 is 11.6 Å². The predicted molar refractivity (Wildman–Crippen MR) is 80.5 cm³/mol. The first-order chi connectivity index (χ1) is 10.6. The molecule has 3 fully saturated rings. The molecule has 22 heavy (non-hydrogen) atoms. The number of imide groups is 1. The van der Waals surface area contributed by atoms with Gasteiger partial charge in [-0.3, -0.25) is 15.0 Å². The highest BCUT2D eigenvalue weighted by molar-refractivity contribution is 6.08. The monoisotopic (exact) mass is 307 g/mol. The van der Waals surface area contributed by atoms with Gasteiger partial charge in [-0.25, -0.2) is 4.79 Å². The Labute approximate surface area is 131 Å². The molecule has 0 radical (unpaired) electrons. The van der Waals surface area contributed by atoms with Gasteiger partial charge < -0.3 is 5.32 Å². The molecule has 2 N–H and O–H groups in total. The van der Waals surface area contributed by atoms with E-state index in [2.05, 4.69) is 10.7 Å². The molecule has 1 spiro atoms. The van der Waals surface area contributed by atoms with Crippen molar-refractivity contribution in [1.29, 1.82) is 0 Å². The van der Waals surface area contributed by atoms with Crippen molar-refractivity contribution < 1.29 is 14.4 Å². The number of hydrazine groups is 1. The largest absolute Gasteiger partial charge is 0.344 e. The van der Waals surface area contributed by atoms with Crippen molar-refractivity contribution in [3.05, 3.63) is 0 Å². The van der Waals surface area contributed by atoms with Crippen LogP contribution in [-0.4, -0.2) is 28.4 Å². The molecule has 1 saturated heterocycles. The first-order valence-corrected chi connectivity index (χ1v) is 8.57. The Balaban J connectivity index is 1.58. The summed E-state index contributed by atoms with van der Waals surface area (Å²) >= 11 is 0. The molecule has 6 heteroatoms. The van der Waals surface area contributed by atoms with E-state index in [1.54, 1.807) is 0 Å². The lowest BCUT2D eigenvalue weighted by atomic mass is 9.82. The van der Waals surface area contributed by atoms with Gasteiger partial charge in [-0.15, -0.1) is 0 Å². The third-order valence-electron chi connectivity index (χ3n) is 5.30. The minimum absolute atomic E-state index is 0.219. The van der Waals surface area contributed by atoms with E-state index in [9.17, 15) is 14.4 Å². The van der Waals surface area contributed by atoms with Gasteiger partial charge in [0.2, 0.25) is 5.91 Å². The van der Waals surface area contributed by atoms with Crippen LogP contribution in [0.25, 0.3) is 0 Å². The quantitative estimate of drug-likeness (QED) is 0.785. The Bertz CT molecular complexity index is 465. The van der Waals surface area contributed by atoms with Crippen LogP contribution >= 0.6 is 0 Å². The van der Waals surface area contributed by atoms with Crippen molar-refractivity contribution in [3.63, 3.8) is 0 Å². The first kappa shape index (κ1) is 15.3. The molecule has 0 aromatic carbocycles. The molecule has 1 heterocycles. The number of carbonyl (C=O) groups is 3. The number of nitrogens with zero attached hydrogens (tertiary/aromatic N) is 1. The second kappa shape index (κ2) is 6.26. The molecule has 3 aliphatic rings. The second-order valence-electron chi connectivity index (χ2n) is 6.96. The molecule has 2 saturated carbocycles. The molecule has 0 unspecified atom stereocenters. The van der Waals surface area contributed by atoms with E-state index in [0.29, 0.717) is 25.2 Å². The van der Waals surface area contributed by atoms with Gasteiger partial charge in [0.05, 0.1) is 0 Å². The lowest BCUT2D eigenvalue weighted by Gasteiger charge is -2.30. The zero-order chi connectivity index (χ0) is 15.6. The highest BCUT2D eigenvalue weighted by atomic mass is 16.2. The van der Waals surface area contributed by atoms with E-state index in [-0.39, 0.29) is 11.8 Å². The van der Waals surface area contributed by atoms with E-state index in [1.807, 2.05) is 0 Å². The van der Waals surface area contributed by atoms with Gasteiger partial charge in [-0.2, -0.15) is 5.01 Å². The molecule has 122 valence electrons. The van der Waals surface area contributed by atoms with Crippen LogP contribution in [0.4, 0.5) is 4.79 Å². The van der Waals surface area contributed by atoms with Crippen LogP contribution in [0.5, 0.6) is 0 Å². The minimum Gasteiger partial charge on any atom is -0.322 e. The summed E-state index contributed by atoms with van der Waals surface area (Å²) < 4.78 is 0. The Morgan fingerprint density at radius 1 is 1.09 bits per heavy atom. The minimum atomic E-state index is -0.770. The van der Waals surface area contributed by atoms with Crippen LogP contribution in [-0.2, 0) is 9.59 Å². The summed E-state index contributed by atoms with van der Waals surface area (Å²) in [5, 5.41) is 3.71. The lowest BCUT2D eigenvalue weighted by Crippen LogP contribution is -2.51. The van der Waals surface area contributed by atoms with Gasteiger partial charge in [0.1, 0.15) is 5.54 Å². The number of hydrogen-bond acceptors (Lipinski definition) is 3. The van der Waals surface area contributed by atoms with Crippen LogP contribution in [0, 0.1) is 5.92 Å². The van der Waals surface area contributed by atoms with E-state index in [1.165, 1.54) is 19.3 Å². The third kappa shape index (κ3) is 2.96. The topological polar surface area (TPSA) is 78.5 Å². The number of nitrogens with one attached hydrogen (secondary N) is 2. The molecule has 1 aliphatic heterocycles. The van der Waals surface area contributed by atoms with Crippen molar-refractivity contribution in [2.75, 3.05) is 0 Å². The molecule has 3 rings (SSSR count). The average Bonchev–Trinajstić information content (AvgIpc) is 2.73. The zero-order valence-electron chi connectivity index (χ0n) is 13.0. The Kier molecular flexibility index (Phi) is 4.36. The fourth-order valence-electron chi connectivity index (χ4n) is 4.04. The predicted octanol–water partition coefficient (Wildman–Crippen LogP) is 2.24. The van der Waals surface area contributed by atoms with Crippen molar-refractivity contribution in [2.45, 2.75) is 76.2 Å². The Morgan fingerprint density at radius 2 is 1.73 bits per heavy atom. The second-order valence-corrected chi connectivity index (χ2v) is 6.96. The van der Waals surface area contributed by atoms with E-state index >= 15 is 0 Å². The smallest absolute Gasteiger partial charge is 0.322 e. The summed E-state index contributed by atoms with van der Waals surface area (Å²) in [6.07, 6.45) is 10.4. The Hall–Kier alpha value is -1.59. The zero-order valence-corrected chi connectivity index (χ0v) is 13.0. The molecule has 0 aromatic rings. The van der Waals surface area contributed by atoms with Crippen LogP contribution in [0.15, 0.2) is 0 Å². The fourth-order valence-corrected chi connectivity index (χ4v) is 4.04. The lowest BCUT2D eigenvalue weighted by molar-refractivity contribution is -0.140. The van der Waals surface area contributed by atoms with Crippen molar-refractivity contribution in [2.24, 2.45) is 5.92 Å². The summed E-state index contributed by atoms with van der Waals surface area (Å²) in [6, 6.07) is -0.483. The highest BCUT2D eigenvalue weighted by Crippen LogP contribution is 2.33. The average molecular weight is 307 g/mol. The first-order valence-electron chi connectivity index (χ1n) is 8.57. The number of carbonyl (C=O) groups excluding carboxylic acids is 3. The SMILES string of the molecule is O=C(CC1CCCCC1)NN1C(=O)NC2(CCCCC2)C1=O. The maximum absolute atomic E-state index is 12.5. The number of rotatable bonds is 3. The van der Waals surface area contributed by atoms with E-state index in [4.69, 9.17) is 0 Å². The summed E-state index contributed by atoms with van der Waals surface area (Å²) in [4.78, 5) is 36.8. The van der Waals surface area contributed by atoms with Gasteiger partial charge in [0, 0.05) is 6.42 Å². The fraction of sp³-hybridized carbons (Fsp3) is 0.812. The van der Waals surface area contributed by atoms with Crippen molar-refractivity contribution in [1.82, 2.24) is 15.8 Å². The molecule has 0 atom stereocenters. The van der Waals surface area contributed by atoms with Gasteiger partial charge in [-0.05, 0) is 31.6 Å². The normalized spacial score (nSPS) is 25.4. The molecular weight excluding hydrogens is 282 g/mol. The van der Waals surface area contributed by atoms with Crippen molar-refractivity contribution >= 4 is 17.8 Å². The van der Waals surface area contributed by atoms with Gasteiger partial charge in [0.15, 0.2) is 0 Å². The third-order valence-corrected chi connectivity index (χ3v) is 5.30. The molecule has 0 aromatic heterocycles. The summed E-state index contributed by atoms with van der Waals surface area (Å²) in [7, 11) is 0. The van der Waals surface area contributed by atoms with Crippen LogP contribution in [0.3, 0.4) is 0 Å². The maximum Gasteiger partial charge on any atom is 0.344 e. The Morgan fingerprint density at radius 3 is 2.41 bits per heavy atom. The summed E-state index contributed by atoms with van der Waals surface area (Å²) in [6.45, 7) is 0. The molecular formula is C16H25N3O3. The molecule has 0 bridgehead atoms.